The molecular weight excluding hydrogens is 372 g/mol. The summed E-state index contributed by atoms with van der Waals surface area (Å²) in [5.41, 5.74) is 1.73. The Morgan fingerprint density at radius 1 is 1.29 bits per heavy atom. The SMILES string of the molecule is CCn1c(CN[C@@H](C)[C@@H]2C[C@H]3CC[C@H]2C3)nc2cc(S(=O)(=O)N(C)C)ccc21. The molecule has 1 heterocycles. The smallest absolute Gasteiger partial charge is 0.242 e. The van der Waals surface area contributed by atoms with Crippen molar-refractivity contribution in [3.8, 4) is 0 Å². The first-order valence-electron chi connectivity index (χ1n) is 10.5. The molecule has 4 atom stereocenters. The Hall–Kier alpha value is -1.44. The summed E-state index contributed by atoms with van der Waals surface area (Å²) in [6.45, 7) is 5.95. The predicted octanol–water partition coefficient (Wildman–Crippen LogP) is 3.22. The minimum atomic E-state index is -3.45. The van der Waals surface area contributed by atoms with Crippen LogP contribution in [0.2, 0.25) is 0 Å². The molecule has 1 aromatic carbocycles. The van der Waals surface area contributed by atoms with Crippen LogP contribution in [0.25, 0.3) is 11.0 Å². The third kappa shape index (κ3) is 3.37. The molecule has 1 aromatic heterocycles. The summed E-state index contributed by atoms with van der Waals surface area (Å²) in [5, 5.41) is 3.71. The molecule has 154 valence electrons. The molecule has 2 aliphatic rings. The highest BCUT2D eigenvalue weighted by molar-refractivity contribution is 7.89. The summed E-state index contributed by atoms with van der Waals surface area (Å²) in [4.78, 5) is 5.07. The summed E-state index contributed by atoms with van der Waals surface area (Å²) in [5.74, 6) is 3.62. The van der Waals surface area contributed by atoms with E-state index in [-0.39, 0.29) is 0 Å². The highest BCUT2D eigenvalue weighted by Gasteiger charge is 2.41. The Balaban J connectivity index is 1.55. The zero-order chi connectivity index (χ0) is 20.1. The molecule has 1 N–H and O–H groups in total. The fourth-order valence-corrected chi connectivity index (χ4v) is 6.25. The van der Waals surface area contributed by atoms with Crippen LogP contribution in [0, 0.1) is 17.8 Å². The first-order valence-corrected chi connectivity index (χ1v) is 11.9. The summed E-state index contributed by atoms with van der Waals surface area (Å²) < 4.78 is 28.3. The van der Waals surface area contributed by atoms with Crippen LogP contribution in [-0.4, -0.2) is 42.4 Å². The average Bonchev–Trinajstić information content (AvgIpc) is 3.38. The van der Waals surface area contributed by atoms with Gasteiger partial charge in [0.2, 0.25) is 10.0 Å². The number of aromatic nitrogens is 2. The molecular formula is C21H32N4O2S. The first-order chi connectivity index (χ1) is 13.3. The maximum Gasteiger partial charge on any atom is 0.242 e. The van der Waals surface area contributed by atoms with Crippen molar-refractivity contribution in [2.24, 2.45) is 17.8 Å². The third-order valence-electron chi connectivity index (χ3n) is 6.91. The van der Waals surface area contributed by atoms with E-state index >= 15 is 0 Å². The van der Waals surface area contributed by atoms with E-state index < -0.39 is 10.0 Å². The molecule has 0 amide bonds. The van der Waals surface area contributed by atoms with E-state index in [1.54, 1.807) is 26.2 Å². The Bertz CT molecular complexity index is 966. The second kappa shape index (κ2) is 7.43. The van der Waals surface area contributed by atoms with Gasteiger partial charge in [-0.3, -0.25) is 0 Å². The Morgan fingerprint density at radius 2 is 2.07 bits per heavy atom. The van der Waals surface area contributed by atoms with Crippen LogP contribution in [-0.2, 0) is 23.1 Å². The predicted molar refractivity (Wildman–Crippen MR) is 112 cm³/mol. The Labute approximate surface area is 168 Å². The van der Waals surface area contributed by atoms with Gasteiger partial charge in [0, 0.05) is 26.7 Å². The number of hydrogen-bond acceptors (Lipinski definition) is 4. The molecule has 0 unspecified atom stereocenters. The van der Waals surface area contributed by atoms with E-state index in [1.165, 1.54) is 30.0 Å². The van der Waals surface area contributed by atoms with Gasteiger partial charge in [-0.2, -0.15) is 0 Å². The quantitative estimate of drug-likeness (QED) is 0.769. The standard InChI is InChI=1S/C21H32N4O2S/c1-5-25-20-9-8-17(28(26,27)24(3)4)12-19(20)23-21(25)13-22-14(2)18-11-15-6-7-16(18)10-15/h8-9,12,14-16,18,22H,5-7,10-11,13H2,1-4H3/t14-,15-,16-,18-/m0/s1. The van der Waals surface area contributed by atoms with Gasteiger partial charge in [-0.25, -0.2) is 17.7 Å². The van der Waals surface area contributed by atoms with Crippen molar-refractivity contribution < 1.29 is 8.42 Å². The number of nitrogens with one attached hydrogen (secondary N) is 1. The lowest BCUT2D eigenvalue weighted by Gasteiger charge is -2.28. The summed E-state index contributed by atoms with van der Waals surface area (Å²) in [6, 6.07) is 5.75. The highest BCUT2D eigenvalue weighted by atomic mass is 32.2. The van der Waals surface area contributed by atoms with Crippen molar-refractivity contribution in [1.29, 1.82) is 0 Å². The van der Waals surface area contributed by atoms with Crippen molar-refractivity contribution in [3.05, 3.63) is 24.0 Å². The highest BCUT2D eigenvalue weighted by Crippen LogP contribution is 2.49. The number of rotatable bonds is 7. The summed E-state index contributed by atoms with van der Waals surface area (Å²) in [6.07, 6.45) is 5.62. The number of hydrogen-bond donors (Lipinski definition) is 1. The minimum absolute atomic E-state index is 0.292. The molecule has 2 saturated carbocycles. The van der Waals surface area contributed by atoms with Crippen LogP contribution in [0.3, 0.4) is 0 Å². The number of nitrogens with zero attached hydrogens (tertiary/aromatic N) is 3. The summed E-state index contributed by atoms with van der Waals surface area (Å²) >= 11 is 0. The van der Waals surface area contributed by atoms with Crippen molar-refractivity contribution in [1.82, 2.24) is 19.2 Å². The fraction of sp³-hybridized carbons (Fsp3) is 0.667. The van der Waals surface area contributed by atoms with Gasteiger partial charge >= 0.3 is 0 Å². The Morgan fingerprint density at radius 3 is 2.68 bits per heavy atom. The number of benzene rings is 1. The van der Waals surface area contributed by atoms with Gasteiger partial charge in [-0.05, 0) is 69.1 Å². The van der Waals surface area contributed by atoms with Gasteiger partial charge in [-0.1, -0.05) is 6.42 Å². The molecule has 2 aromatic rings. The van der Waals surface area contributed by atoms with E-state index in [9.17, 15) is 8.42 Å². The van der Waals surface area contributed by atoms with Gasteiger partial charge in [0.15, 0.2) is 0 Å². The second-order valence-electron chi connectivity index (χ2n) is 8.72. The minimum Gasteiger partial charge on any atom is -0.327 e. The Kier molecular flexibility index (Phi) is 5.27. The average molecular weight is 405 g/mol. The van der Waals surface area contributed by atoms with Gasteiger partial charge in [0.05, 0.1) is 22.5 Å². The molecule has 7 heteroatoms. The maximum absolute atomic E-state index is 12.4. The van der Waals surface area contributed by atoms with Crippen molar-refractivity contribution in [2.75, 3.05) is 14.1 Å². The molecule has 2 fully saturated rings. The summed E-state index contributed by atoms with van der Waals surface area (Å²) in [7, 11) is -0.348. The van der Waals surface area contributed by atoms with Crippen LogP contribution in [0.5, 0.6) is 0 Å². The van der Waals surface area contributed by atoms with Crippen molar-refractivity contribution in [3.63, 3.8) is 0 Å². The van der Waals surface area contributed by atoms with E-state index in [2.05, 4.69) is 23.7 Å². The normalized spacial score (nSPS) is 25.8. The van der Waals surface area contributed by atoms with E-state index in [0.717, 1.165) is 41.2 Å². The molecule has 0 saturated heterocycles. The van der Waals surface area contributed by atoms with E-state index in [4.69, 9.17) is 4.98 Å². The van der Waals surface area contributed by atoms with E-state index in [1.807, 2.05) is 6.07 Å². The lowest BCUT2D eigenvalue weighted by Crippen LogP contribution is -2.36. The van der Waals surface area contributed by atoms with Gasteiger partial charge in [0.1, 0.15) is 5.82 Å². The van der Waals surface area contributed by atoms with Crippen LogP contribution >= 0.6 is 0 Å². The van der Waals surface area contributed by atoms with Crippen LogP contribution in [0.15, 0.2) is 23.1 Å². The molecule has 0 spiro atoms. The maximum atomic E-state index is 12.4. The van der Waals surface area contributed by atoms with Gasteiger partial charge < -0.3 is 9.88 Å². The van der Waals surface area contributed by atoms with Gasteiger partial charge in [0.25, 0.3) is 0 Å². The third-order valence-corrected chi connectivity index (χ3v) is 8.72. The molecule has 0 radical (unpaired) electrons. The van der Waals surface area contributed by atoms with Gasteiger partial charge in [-0.15, -0.1) is 0 Å². The zero-order valence-corrected chi connectivity index (χ0v) is 18.2. The number of fused-ring (bicyclic) bond motifs is 3. The lowest BCUT2D eigenvalue weighted by molar-refractivity contribution is 0.258. The number of aryl methyl sites for hydroxylation is 1. The molecule has 28 heavy (non-hydrogen) atoms. The van der Waals surface area contributed by atoms with Crippen LogP contribution in [0.1, 0.15) is 45.4 Å². The molecule has 2 bridgehead atoms. The van der Waals surface area contributed by atoms with Crippen molar-refractivity contribution >= 4 is 21.1 Å². The zero-order valence-electron chi connectivity index (χ0n) is 17.4. The molecule has 4 rings (SSSR count). The monoisotopic (exact) mass is 404 g/mol. The van der Waals surface area contributed by atoms with Crippen molar-refractivity contribution in [2.45, 2.75) is 63.6 Å². The molecule has 0 aliphatic heterocycles. The molecule has 6 nitrogen and oxygen atoms in total. The fourth-order valence-electron chi connectivity index (χ4n) is 5.33. The second-order valence-corrected chi connectivity index (χ2v) is 10.9. The topological polar surface area (TPSA) is 67.2 Å². The van der Waals surface area contributed by atoms with Crippen LogP contribution < -0.4 is 5.32 Å². The largest absolute Gasteiger partial charge is 0.327 e. The van der Waals surface area contributed by atoms with Crippen LogP contribution in [0.4, 0.5) is 0 Å². The lowest BCUT2D eigenvalue weighted by atomic mass is 9.84. The van der Waals surface area contributed by atoms with E-state index in [0.29, 0.717) is 17.5 Å². The molecule has 2 aliphatic carbocycles. The number of sulfonamides is 1. The number of imidazole rings is 1. The first kappa shape index (κ1) is 19.9.